The fraction of sp³-hybridized carbons (Fsp3) is 0.0606. The van der Waals surface area contributed by atoms with Gasteiger partial charge in [0.25, 0.3) is 0 Å². The van der Waals surface area contributed by atoms with Crippen molar-refractivity contribution in [2.45, 2.75) is 13.0 Å². The quantitative estimate of drug-likeness (QED) is 0.0741. The first-order chi connectivity index (χ1) is 24.1. The third-order valence-electron chi connectivity index (χ3n) is 8.49. The molecule has 0 N–H and O–H groups in total. The Balaban J connectivity index is 1.81. The summed E-state index contributed by atoms with van der Waals surface area (Å²) in [7, 11) is 0. The zero-order chi connectivity index (χ0) is 37.3. The van der Waals surface area contributed by atoms with E-state index >= 15 is 26.3 Å². The van der Waals surface area contributed by atoms with Crippen molar-refractivity contribution in [3.05, 3.63) is 147 Å². The van der Waals surface area contributed by atoms with Gasteiger partial charge in [0.05, 0.1) is 12.6 Å². The van der Waals surface area contributed by atoms with Crippen molar-refractivity contribution in [1.29, 1.82) is 0 Å². The van der Waals surface area contributed by atoms with Crippen LogP contribution >= 0.6 is 0 Å². The molecule has 1 heterocycles. The molecule has 2 nitrogen and oxygen atoms in total. The van der Waals surface area contributed by atoms with Crippen molar-refractivity contribution in [3.8, 4) is 5.75 Å². The van der Waals surface area contributed by atoms with Crippen molar-refractivity contribution in [2.75, 3.05) is 0 Å². The van der Waals surface area contributed by atoms with Gasteiger partial charge in [0, 0.05) is 11.6 Å². The maximum absolute atomic E-state index is 15.9. The normalized spacial score (nSPS) is 12.7. The van der Waals surface area contributed by atoms with Crippen LogP contribution in [0.5, 0.6) is 5.75 Å². The molecule has 0 radical (unpaired) electrons. The Morgan fingerprint density at radius 3 is 1.24 bits per heavy atom. The van der Waals surface area contributed by atoms with E-state index in [-0.39, 0.29) is 22.4 Å². The van der Waals surface area contributed by atoms with Crippen molar-refractivity contribution in [3.63, 3.8) is 0 Å². The summed E-state index contributed by atoms with van der Waals surface area (Å²) in [6.07, 6.45) is -6.11. The largest absolute Gasteiger partial charge is 0.489 e. The van der Waals surface area contributed by atoms with Crippen LogP contribution in [0.3, 0.4) is 0 Å². The van der Waals surface area contributed by atoms with Crippen LogP contribution in [-0.4, -0.2) is 17.0 Å². The van der Waals surface area contributed by atoms with E-state index in [1.54, 1.807) is 30.3 Å². The fourth-order valence-corrected chi connectivity index (χ4v) is 6.29. The molecule has 0 bridgehead atoms. The molecule has 51 heavy (non-hydrogen) atoms. The number of halogens is 15. The van der Waals surface area contributed by atoms with E-state index in [0.717, 1.165) is 18.2 Å². The van der Waals surface area contributed by atoms with E-state index in [0.29, 0.717) is 11.8 Å². The van der Waals surface area contributed by atoms with E-state index in [2.05, 4.69) is 0 Å². The molecule has 6 rings (SSSR count). The molecule has 0 saturated heterocycles. The molecule has 0 atom stereocenters. The molecule has 0 spiro atoms. The van der Waals surface area contributed by atoms with Gasteiger partial charge in [-0.15, -0.1) is 0 Å². The number of rotatable bonds is 7. The molecule has 0 fully saturated rings. The molecule has 18 heteroatoms. The number of fused-ring (bicyclic) bond motifs is 1. The third-order valence-corrected chi connectivity index (χ3v) is 8.49. The summed E-state index contributed by atoms with van der Waals surface area (Å²) in [5.41, 5.74) is -8.47. The second-order valence-electron chi connectivity index (χ2n) is 11.1. The predicted octanol–water partition coefficient (Wildman–Crippen LogP) is 7.29. The monoisotopic (exact) mass is 735 g/mol. The smallest absolute Gasteiger partial charge is 0.377 e. The van der Waals surface area contributed by atoms with Gasteiger partial charge < -0.3 is 9.22 Å². The van der Waals surface area contributed by atoms with Gasteiger partial charge >= 0.3 is 6.28 Å². The van der Waals surface area contributed by atoms with E-state index < -0.39 is 122 Å². The molecular weight excluding hydrogens is 722 g/mol. The number of hydrogen-bond donors (Lipinski definition) is 0. The summed E-state index contributed by atoms with van der Waals surface area (Å²) in [5.74, 6) is -45.9. The van der Waals surface area contributed by atoms with Crippen molar-refractivity contribution in [1.82, 2.24) is 0 Å². The van der Waals surface area contributed by atoms with Gasteiger partial charge in [-0.05, 0) is 34.1 Å². The van der Waals surface area contributed by atoms with E-state index in [9.17, 15) is 39.5 Å². The highest BCUT2D eigenvalue weighted by molar-refractivity contribution is 7.06. The molecule has 0 saturated carbocycles. The molecule has 1 aliphatic heterocycles. The van der Waals surface area contributed by atoms with Crippen molar-refractivity contribution in [2.24, 2.45) is 0 Å². The van der Waals surface area contributed by atoms with Crippen LogP contribution in [0, 0.1) is 87.3 Å². The molecule has 1 aliphatic rings. The lowest BCUT2D eigenvalue weighted by Gasteiger charge is -2.39. The summed E-state index contributed by atoms with van der Waals surface area (Å²) in [5, 5.41) is 0. The van der Waals surface area contributed by atoms with Gasteiger partial charge in [-0.1, -0.05) is 30.3 Å². The molecule has 0 amide bonds. The topological polar surface area (TPSA) is 12.2 Å². The van der Waals surface area contributed by atoms with Crippen LogP contribution in [-0.2, 0) is 13.0 Å². The van der Waals surface area contributed by atoms with Crippen LogP contribution < -0.4 is 21.1 Å². The molecule has 0 unspecified atom stereocenters. The minimum Gasteiger partial charge on any atom is -0.489 e. The first-order valence-electron chi connectivity index (χ1n) is 14.2. The maximum atomic E-state index is 15.9. The van der Waals surface area contributed by atoms with Crippen LogP contribution in [0.15, 0.2) is 48.5 Å². The van der Waals surface area contributed by atoms with Crippen LogP contribution in [0.4, 0.5) is 71.5 Å². The molecule has 5 aromatic rings. The molecule has 5 aromatic carbocycles. The lowest BCUT2D eigenvalue weighted by Crippen LogP contribution is -2.78. The third kappa shape index (κ3) is 5.13. The van der Waals surface area contributed by atoms with Crippen molar-refractivity contribution >= 4 is 34.6 Å². The van der Waals surface area contributed by atoms with Gasteiger partial charge in [-0.3, -0.25) is 0 Å². The number of nitrogens with zero attached hydrogens (tertiary/aromatic N) is 1. The molecule has 264 valence electrons. The SMILES string of the molecule is Fc1c(F)c(F)c([B-](c2c(F)c(F)c(F)c(F)c2F)(c2c(F)c(F)c(F)c(F)c2F)[N+]2=CCc3cc(OCc4ccccc4)ccc32)c(F)c1F. The second kappa shape index (κ2) is 12.7. The summed E-state index contributed by atoms with van der Waals surface area (Å²) in [6, 6.07) is 11.2. The van der Waals surface area contributed by atoms with Crippen molar-refractivity contribution < 1.29 is 75.1 Å². The summed E-state index contributed by atoms with van der Waals surface area (Å²) in [6.45, 7) is -0.0966. The standard InChI is InChI=1S/C33H13BF15NO/c35-19-16(20(36)26(42)31(47)25(19)41)34(17-21(37)27(43)32(48)28(44)22(17)38,18-23(39)29(45)33(49)30(46)24(18)40)50-9-8-13-10-14(6-7-15(13)50)51-11-12-4-2-1-3-5-12/h1-7,9-10H,8,11H2. The Morgan fingerprint density at radius 2 is 0.843 bits per heavy atom. The maximum Gasteiger partial charge on any atom is 0.377 e. The summed E-state index contributed by atoms with van der Waals surface area (Å²) < 4.78 is 233. The van der Waals surface area contributed by atoms with Gasteiger partial charge in [0.1, 0.15) is 47.3 Å². The number of hydrogen-bond acceptors (Lipinski definition) is 1. The highest BCUT2D eigenvalue weighted by atomic mass is 19.2. The minimum atomic E-state index is -5.94. The zero-order valence-electron chi connectivity index (χ0n) is 24.7. The van der Waals surface area contributed by atoms with Crippen LogP contribution in [0.1, 0.15) is 11.1 Å². The average Bonchev–Trinajstić information content (AvgIpc) is 3.56. The number of ether oxygens (including phenoxy) is 1. The fourth-order valence-electron chi connectivity index (χ4n) is 6.29. The lowest BCUT2D eigenvalue weighted by atomic mass is 9.23. The van der Waals surface area contributed by atoms with Crippen LogP contribution in [0.25, 0.3) is 0 Å². The molecule has 0 aliphatic carbocycles. The molecular formula is C33H13BF15NO. The lowest BCUT2D eigenvalue weighted by molar-refractivity contribution is -0.279. The van der Waals surface area contributed by atoms with E-state index in [1.165, 1.54) is 0 Å². The molecule has 0 aromatic heterocycles. The Morgan fingerprint density at radius 1 is 0.471 bits per heavy atom. The Hall–Kier alpha value is -5.42. The highest BCUT2D eigenvalue weighted by Gasteiger charge is 2.58. The van der Waals surface area contributed by atoms with Gasteiger partial charge in [-0.25, -0.2) is 65.9 Å². The second-order valence-corrected chi connectivity index (χ2v) is 11.1. The van der Waals surface area contributed by atoms with Crippen LogP contribution in [0.2, 0.25) is 0 Å². The summed E-state index contributed by atoms with van der Waals surface area (Å²) >= 11 is 0. The highest BCUT2D eigenvalue weighted by Crippen LogP contribution is 2.36. The number of benzene rings is 5. The Labute approximate surface area is 275 Å². The Kier molecular flexibility index (Phi) is 8.84. The predicted molar refractivity (Wildman–Crippen MR) is 150 cm³/mol. The average molecular weight is 735 g/mol. The van der Waals surface area contributed by atoms with E-state index in [1.807, 2.05) is 0 Å². The first kappa shape index (κ1) is 35.4. The van der Waals surface area contributed by atoms with E-state index in [4.69, 9.17) is 4.74 Å². The van der Waals surface area contributed by atoms with Gasteiger partial charge in [-0.2, -0.15) is 0 Å². The van der Waals surface area contributed by atoms with Gasteiger partial charge in [0.15, 0.2) is 58.0 Å². The Bertz CT molecular complexity index is 2060. The minimum absolute atomic E-state index is 0.0327. The summed E-state index contributed by atoms with van der Waals surface area (Å²) in [4.78, 5) is 0. The zero-order valence-corrected chi connectivity index (χ0v) is 24.7. The van der Waals surface area contributed by atoms with Gasteiger partial charge in [0.2, 0.25) is 0 Å². The first-order valence-corrected chi connectivity index (χ1v) is 14.2.